The topological polar surface area (TPSA) is 60.4 Å². The summed E-state index contributed by atoms with van der Waals surface area (Å²) in [5.74, 6) is -0.843. The van der Waals surface area contributed by atoms with E-state index in [0.717, 1.165) is 6.29 Å². The Hall–Kier alpha value is -1.45. The van der Waals surface area contributed by atoms with Crippen molar-refractivity contribution in [3.05, 3.63) is 12.2 Å². The first kappa shape index (κ1) is 13.5. The minimum Gasteiger partial charge on any atom is -0.462 e. The molecule has 0 N–H and O–H groups in total. The van der Waals surface area contributed by atoms with Crippen LogP contribution in [0, 0.1) is 5.92 Å². The predicted molar refractivity (Wildman–Crippen MR) is 55.2 cm³/mol. The van der Waals surface area contributed by atoms with Gasteiger partial charge < -0.3 is 9.53 Å². The zero-order valence-electron chi connectivity index (χ0n) is 9.12. The number of hydrogen-bond donors (Lipinski definition) is 0. The smallest absolute Gasteiger partial charge is 0.333 e. The number of Topliss-reactive ketones (excluding diaryl/α,β-unsaturated/α-hetero) is 1. The highest BCUT2D eigenvalue weighted by Crippen LogP contribution is 2.02. The van der Waals surface area contributed by atoms with Gasteiger partial charge in [0.15, 0.2) is 0 Å². The third-order valence-electron chi connectivity index (χ3n) is 1.74. The number of carbonyl (C=O) groups is 3. The molecule has 4 nitrogen and oxygen atoms in total. The molecule has 0 bridgehead atoms. The van der Waals surface area contributed by atoms with Crippen molar-refractivity contribution >= 4 is 18.0 Å². The number of ketones is 1. The molecule has 0 saturated heterocycles. The van der Waals surface area contributed by atoms with Crippen LogP contribution in [0.25, 0.3) is 0 Å². The summed E-state index contributed by atoms with van der Waals surface area (Å²) in [5.41, 5.74) is 0.309. The second kappa shape index (κ2) is 6.92. The van der Waals surface area contributed by atoms with E-state index in [-0.39, 0.29) is 31.1 Å². The lowest BCUT2D eigenvalue weighted by atomic mass is 10.1. The van der Waals surface area contributed by atoms with Gasteiger partial charge in [0, 0.05) is 24.3 Å². The molecular formula is C11H16O4. The molecule has 0 aromatic rings. The molecule has 0 aliphatic carbocycles. The minimum atomic E-state index is -0.494. The van der Waals surface area contributed by atoms with Gasteiger partial charge in [0.1, 0.15) is 12.1 Å². The number of ether oxygens (including phenoxy) is 1. The van der Waals surface area contributed by atoms with Gasteiger partial charge in [-0.2, -0.15) is 0 Å². The van der Waals surface area contributed by atoms with Crippen LogP contribution < -0.4 is 0 Å². The first-order chi connectivity index (χ1) is 6.97. The summed E-state index contributed by atoms with van der Waals surface area (Å²) >= 11 is 0. The molecule has 0 aromatic carbocycles. The maximum atomic E-state index is 11.2. The average Bonchev–Trinajstić information content (AvgIpc) is 2.17. The summed E-state index contributed by atoms with van der Waals surface area (Å²) < 4.78 is 4.74. The van der Waals surface area contributed by atoms with E-state index in [1.54, 1.807) is 13.8 Å². The van der Waals surface area contributed by atoms with E-state index in [9.17, 15) is 14.4 Å². The predicted octanol–water partition coefficient (Wildman–Crippen LogP) is 1.29. The van der Waals surface area contributed by atoms with Gasteiger partial charge in [0.2, 0.25) is 0 Å². The lowest BCUT2D eigenvalue weighted by molar-refractivity contribution is -0.139. The van der Waals surface area contributed by atoms with Crippen molar-refractivity contribution in [2.45, 2.75) is 26.7 Å². The van der Waals surface area contributed by atoms with Gasteiger partial charge in [-0.1, -0.05) is 13.5 Å². The largest absolute Gasteiger partial charge is 0.462 e. The van der Waals surface area contributed by atoms with Crippen molar-refractivity contribution in [2.24, 2.45) is 5.92 Å². The Balaban J connectivity index is 3.68. The Kier molecular flexibility index (Phi) is 6.25. The summed E-state index contributed by atoms with van der Waals surface area (Å²) in [7, 11) is 0. The van der Waals surface area contributed by atoms with Crippen LogP contribution in [-0.2, 0) is 19.1 Å². The highest BCUT2D eigenvalue weighted by molar-refractivity contribution is 5.87. The maximum Gasteiger partial charge on any atom is 0.333 e. The third kappa shape index (κ3) is 6.60. The standard InChI is InChI=1S/C11H16O4/c1-8(2)11(14)15-5-4-10(13)6-9(3)7-12/h7,9H,1,4-6H2,2-3H3. The van der Waals surface area contributed by atoms with Gasteiger partial charge >= 0.3 is 5.97 Å². The van der Waals surface area contributed by atoms with Crippen molar-refractivity contribution in [3.63, 3.8) is 0 Å². The second-order valence-electron chi connectivity index (χ2n) is 3.52. The molecular weight excluding hydrogens is 196 g/mol. The Bertz CT molecular complexity index is 268. The van der Waals surface area contributed by atoms with Gasteiger partial charge in [0.05, 0.1) is 6.61 Å². The molecule has 0 fully saturated rings. The van der Waals surface area contributed by atoms with Crippen molar-refractivity contribution in [1.82, 2.24) is 0 Å². The summed E-state index contributed by atoms with van der Waals surface area (Å²) in [4.78, 5) is 32.4. The van der Waals surface area contributed by atoms with Crippen LogP contribution in [0.4, 0.5) is 0 Å². The van der Waals surface area contributed by atoms with E-state index >= 15 is 0 Å². The Morgan fingerprint density at radius 1 is 1.47 bits per heavy atom. The molecule has 1 unspecified atom stereocenters. The quantitative estimate of drug-likeness (QED) is 0.362. The van der Waals surface area contributed by atoms with Gasteiger partial charge in [-0.25, -0.2) is 4.79 Å². The fraction of sp³-hybridized carbons (Fsp3) is 0.545. The van der Waals surface area contributed by atoms with Crippen LogP contribution in [0.3, 0.4) is 0 Å². The van der Waals surface area contributed by atoms with Gasteiger partial charge in [-0.15, -0.1) is 0 Å². The van der Waals surface area contributed by atoms with Crippen LogP contribution in [0.2, 0.25) is 0 Å². The average molecular weight is 212 g/mol. The van der Waals surface area contributed by atoms with Gasteiger partial charge in [0.25, 0.3) is 0 Å². The molecule has 0 radical (unpaired) electrons. The molecule has 0 aromatic heterocycles. The Morgan fingerprint density at radius 3 is 2.53 bits per heavy atom. The van der Waals surface area contributed by atoms with Crippen LogP contribution in [0.5, 0.6) is 0 Å². The first-order valence-electron chi connectivity index (χ1n) is 4.77. The summed E-state index contributed by atoms with van der Waals surface area (Å²) in [6, 6.07) is 0. The van der Waals surface area contributed by atoms with E-state index in [4.69, 9.17) is 4.74 Å². The van der Waals surface area contributed by atoms with Crippen molar-refractivity contribution < 1.29 is 19.1 Å². The molecule has 0 aliphatic rings. The summed E-state index contributed by atoms with van der Waals surface area (Å²) in [6.07, 6.45) is 1.09. The lowest BCUT2D eigenvalue weighted by Crippen LogP contribution is -2.12. The molecule has 1 atom stereocenters. The molecule has 84 valence electrons. The van der Waals surface area contributed by atoms with Crippen LogP contribution >= 0.6 is 0 Å². The zero-order valence-corrected chi connectivity index (χ0v) is 9.12. The van der Waals surface area contributed by atoms with Gasteiger partial charge in [-0.05, 0) is 6.92 Å². The van der Waals surface area contributed by atoms with E-state index < -0.39 is 5.97 Å². The number of carbonyl (C=O) groups excluding carboxylic acids is 3. The molecule has 0 amide bonds. The fourth-order valence-corrected chi connectivity index (χ4v) is 0.890. The van der Waals surface area contributed by atoms with Crippen molar-refractivity contribution in [3.8, 4) is 0 Å². The zero-order chi connectivity index (χ0) is 11.8. The molecule has 0 aliphatic heterocycles. The molecule has 0 rings (SSSR count). The SMILES string of the molecule is C=C(C)C(=O)OCCC(=O)CC(C)C=O. The molecule has 4 heteroatoms. The highest BCUT2D eigenvalue weighted by Gasteiger charge is 2.09. The fourth-order valence-electron chi connectivity index (χ4n) is 0.890. The van der Waals surface area contributed by atoms with E-state index in [2.05, 4.69) is 6.58 Å². The Morgan fingerprint density at radius 2 is 2.07 bits per heavy atom. The monoisotopic (exact) mass is 212 g/mol. The minimum absolute atomic E-state index is 0.0517. The number of rotatable bonds is 7. The molecule has 0 spiro atoms. The van der Waals surface area contributed by atoms with Crippen molar-refractivity contribution in [1.29, 1.82) is 0 Å². The van der Waals surface area contributed by atoms with Crippen molar-refractivity contribution in [2.75, 3.05) is 6.61 Å². The molecule has 15 heavy (non-hydrogen) atoms. The number of aldehydes is 1. The van der Waals surface area contributed by atoms with Crippen LogP contribution in [0.1, 0.15) is 26.7 Å². The van der Waals surface area contributed by atoms with E-state index in [1.165, 1.54) is 0 Å². The normalized spacial score (nSPS) is 11.6. The second-order valence-corrected chi connectivity index (χ2v) is 3.52. The van der Waals surface area contributed by atoms with Gasteiger partial charge in [-0.3, -0.25) is 4.79 Å². The maximum absolute atomic E-state index is 11.2. The number of hydrogen-bond acceptors (Lipinski definition) is 4. The molecule has 0 heterocycles. The summed E-state index contributed by atoms with van der Waals surface area (Å²) in [5, 5.41) is 0. The van der Waals surface area contributed by atoms with Crippen LogP contribution in [-0.4, -0.2) is 24.6 Å². The van der Waals surface area contributed by atoms with E-state index in [0.29, 0.717) is 5.57 Å². The van der Waals surface area contributed by atoms with Crippen LogP contribution in [0.15, 0.2) is 12.2 Å². The lowest BCUT2D eigenvalue weighted by Gasteiger charge is -2.04. The summed E-state index contributed by atoms with van der Waals surface area (Å²) in [6.45, 7) is 6.67. The first-order valence-corrected chi connectivity index (χ1v) is 4.77. The number of esters is 1. The molecule has 0 saturated carbocycles. The third-order valence-corrected chi connectivity index (χ3v) is 1.74. The Labute approximate surface area is 89.3 Å². The van der Waals surface area contributed by atoms with E-state index in [1.807, 2.05) is 0 Å². The highest BCUT2D eigenvalue weighted by atomic mass is 16.5.